The van der Waals surface area contributed by atoms with E-state index >= 15 is 0 Å². The van der Waals surface area contributed by atoms with E-state index in [-0.39, 0.29) is 17.9 Å². The third-order valence-corrected chi connectivity index (χ3v) is 4.44. The number of unbranched alkanes of at least 4 members (excludes halogenated alkanes) is 4. The number of carbonyl (C=O) groups excluding carboxylic acids is 2. The van der Waals surface area contributed by atoms with Crippen LogP contribution < -0.4 is 0 Å². The van der Waals surface area contributed by atoms with Gasteiger partial charge in [0.25, 0.3) is 11.8 Å². The summed E-state index contributed by atoms with van der Waals surface area (Å²) in [5, 5.41) is 0. The Morgan fingerprint density at radius 2 is 1.90 bits per heavy atom. The number of amides is 2. The van der Waals surface area contributed by atoms with Gasteiger partial charge < -0.3 is 0 Å². The minimum absolute atomic E-state index is 0.0864. The van der Waals surface area contributed by atoms with Crippen molar-refractivity contribution >= 4 is 11.8 Å². The van der Waals surface area contributed by atoms with Crippen molar-refractivity contribution in [1.29, 1.82) is 0 Å². The largest absolute Gasteiger partial charge is 0.272 e. The van der Waals surface area contributed by atoms with Crippen molar-refractivity contribution in [2.24, 2.45) is 0 Å². The normalized spacial score (nSPS) is 20.6. The van der Waals surface area contributed by atoms with Crippen molar-refractivity contribution in [3.63, 3.8) is 0 Å². The van der Waals surface area contributed by atoms with E-state index in [0.717, 1.165) is 38.5 Å². The van der Waals surface area contributed by atoms with Crippen LogP contribution in [0, 0.1) is 0 Å². The first-order chi connectivity index (χ1) is 10.2. The quantitative estimate of drug-likeness (QED) is 0.522. The van der Waals surface area contributed by atoms with E-state index in [9.17, 15) is 9.59 Å². The predicted molar refractivity (Wildman–Crippen MR) is 84.7 cm³/mol. The molecule has 2 rings (SSSR count). The van der Waals surface area contributed by atoms with Gasteiger partial charge in [0, 0.05) is 17.7 Å². The summed E-state index contributed by atoms with van der Waals surface area (Å²) in [6.07, 6.45) is 16.7. The fraction of sp³-hybridized carbons (Fsp3) is 0.667. The van der Waals surface area contributed by atoms with Crippen molar-refractivity contribution in [1.82, 2.24) is 4.90 Å². The summed E-state index contributed by atoms with van der Waals surface area (Å²) in [7, 11) is 0. The summed E-state index contributed by atoms with van der Waals surface area (Å²) in [5.74, 6) is -0.200. The Morgan fingerprint density at radius 3 is 2.62 bits per heavy atom. The first kappa shape index (κ1) is 16.0. The van der Waals surface area contributed by atoms with Gasteiger partial charge in [-0.05, 0) is 25.7 Å². The summed E-state index contributed by atoms with van der Waals surface area (Å²) in [5.41, 5.74) is 0.570. The van der Waals surface area contributed by atoms with Gasteiger partial charge in [0.2, 0.25) is 0 Å². The highest BCUT2D eigenvalue weighted by atomic mass is 16.2. The highest BCUT2D eigenvalue weighted by molar-refractivity contribution is 6.17. The molecule has 0 bridgehead atoms. The van der Waals surface area contributed by atoms with Crippen molar-refractivity contribution in [2.75, 3.05) is 0 Å². The smallest absolute Gasteiger partial charge is 0.261 e. The monoisotopic (exact) mass is 289 g/mol. The maximum absolute atomic E-state index is 12.4. The minimum atomic E-state index is -0.113. The molecule has 0 saturated heterocycles. The van der Waals surface area contributed by atoms with E-state index in [2.05, 4.69) is 6.92 Å². The standard InChI is InChI=1S/C18H27NO2/c1-2-3-4-5-6-8-11-15-14-17(20)19(18(15)21)16-12-9-7-10-13-16/h8,11,14,16H,2-7,9-10,12-13H2,1H3/b11-8+. The summed E-state index contributed by atoms with van der Waals surface area (Å²) < 4.78 is 0. The van der Waals surface area contributed by atoms with Gasteiger partial charge in [-0.2, -0.15) is 0 Å². The van der Waals surface area contributed by atoms with Gasteiger partial charge >= 0.3 is 0 Å². The Bertz CT molecular complexity index is 430. The summed E-state index contributed by atoms with van der Waals surface area (Å²) in [4.78, 5) is 25.9. The molecule has 0 spiro atoms. The lowest BCUT2D eigenvalue weighted by Crippen LogP contribution is -2.41. The molecule has 1 aliphatic carbocycles. The molecule has 3 nitrogen and oxygen atoms in total. The van der Waals surface area contributed by atoms with Crippen molar-refractivity contribution < 1.29 is 9.59 Å². The van der Waals surface area contributed by atoms with Crippen LogP contribution in [-0.2, 0) is 9.59 Å². The molecule has 0 aromatic heterocycles. The van der Waals surface area contributed by atoms with Crippen LogP contribution in [-0.4, -0.2) is 22.8 Å². The predicted octanol–water partition coefficient (Wildman–Crippen LogP) is 4.14. The molecule has 3 heteroatoms. The van der Waals surface area contributed by atoms with Crippen LogP contribution in [0.25, 0.3) is 0 Å². The molecular formula is C18H27NO2. The van der Waals surface area contributed by atoms with Crippen LogP contribution >= 0.6 is 0 Å². The van der Waals surface area contributed by atoms with E-state index in [1.54, 1.807) is 0 Å². The van der Waals surface area contributed by atoms with E-state index in [1.807, 2.05) is 12.2 Å². The van der Waals surface area contributed by atoms with E-state index in [1.165, 1.54) is 36.7 Å². The molecule has 21 heavy (non-hydrogen) atoms. The van der Waals surface area contributed by atoms with Crippen molar-refractivity contribution in [3.8, 4) is 0 Å². The van der Waals surface area contributed by atoms with Crippen molar-refractivity contribution in [2.45, 2.75) is 77.2 Å². The van der Waals surface area contributed by atoms with Gasteiger partial charge in [-0.3, -0.25) is 14.5 Å². The van der Waals surface area contributed by atoms with Crippen LogP contribution in [0.3, 0.4) is 0 Å². The van der Waals surface area contributed by atoms with Crippen LogP contribution in [0.2, 0.25) is 0 Å². The van der Waals surface area contributed by atoms with Crippen LogP contribution in [0.5, 0.6) is 0 Å². The fourth-order valence-corrected chi connectivity index (χ4v) is 3.21. The number of hydrogen-bond acceptors (Lipinski definition) is 2. The second-order valence-electron chi connectivity index (χ2n) is 6.16. The molecular weight excluding hydrogens is 262 g/mol. The molecule has 0 aromatic carbocycles. The second-order valence-corrected chi connectivity index (χ2v) is 6.16. The number of allylic oxidation sites excluding steroid dienone is 1. The number of carbonyl (C=O) groups is 2. The number of imide groups is 1. The van der Waals surface area contributed by atoms with Crippen LogP contribution in [0.15, 0.2) is 23.8 Å². The molecule has 1 aliphatic heterocycles. The first-order valence-electron chi connectivity index (χ1n) is 8.49. The molecule has 116 valence electrons. The zero-order chi connectivity index (χ0) is 15.1. The maximum atomic E-state index is 12.4. The Morgan fingerprint density at radius 1 is 1.14 bits per heavy atom. The molecule has 1 fully saturated rings. The lowest BCUT2D eigenvalue weighted by molar-refractivity contribution is -0.140. The second kappa shape index (κ2) is 8.16. The Labute approximate surface area is 128 Å². The molecule has 1 heterocycles. The molecule has 0 aromatic rings. The molecule has 2 amide bonds. The summed E-state index contributed by atoms with van der Waals surface area (Å²) in [6.45, 7) is 2.20. The molecule has 1 saturated carbocycles. The average Bonchev–Trinajstić information content (AvgIpc) is 2.78. The van der Waals surface area contributed by atoms with Gasteiger partial charge in [0.1, 0.15) is 0 Å². The third kappa shape index (κ3) is 4.29. The average molecular weight is 289 g/mol. The zero-order valence-electron chi connectivity index (χ0n) is 13.1. The highest BCUT2D eigenvalue weighted by Crippen LogP contribution is 2.27. The highest BCUT2D eigenvalue weighted by Gasteiger charge is 2.35. The summed E-state index contributed by atoms with van der Waals surface area (Å²) >= 11 is 0. The SMILES string of the molecule is CCCCCC/C=C/C1=CC(=O)N(C2CCCCC2)C1=O. The van der Waals surface area contributed by atoms with Gasteiger partial charge in [-0.25, -0.2) is 0 Å². The zero-order valence-corrected chi connectivity index (χ0v) is 13.1. The Hall–Kier alpha value is -1.38. The lowest BCUT2D eigenvalue weighted by atomic mass is 9.94. The fourth-order valence-electron chi connectivity index (χ4n) is 3.21. The molecule has 0 unspecified atom stereocenters. The van der Waals surface area contributed by atoms with Crippen LogP contribution in [0.1, 0.15) is 71.1 Å². The van der Waals surface area contributed by atoms with Gasteiger partial charge in [0.15, 0.2) is 0 Å². The first-order valence-corrected chi connectivity index (χ1v) is 8.49. The number of nitrogens with zero attached hydrogens (tertiary/aromatic N) is 1. The molecule has 0 atom stereocenters. The van der Waals surface area contributed by atoms with Gasteiger partial charge in [-0.15, -0.1) is 0 Å². The Kier molecular flexibility index (Phi) is 6.21. The topological polar surface area (TPSA) is 37.4 Å². The van der Waals surface area contributed by atoms with Gasteiger partial charge in [-0.1, -0.05) is 57.6 Å². The number of rotatable bonds is 7. The summed E-state index contributed by atoms with van der Waals surface area (Å²) in [6, 6.07) is 0.130. The lowest BCUT2D eigenvalue weighted by Gasteiger charge is -2.29. The number of hydrogen-bond donors (Lipinski definition) is 0. The van der Waals surface area contributed by atoms with Crippen molar-refractivity contribution in [3.05, 3.63) is 23.8 Å². The maximum Gasteiger partial charge on any atom is 0.261 e. The molecule has 2 aliphatic rings. The van der Waals surface area contributed by atoms with Gasteiger partial charge in [0.05, 0.1) is 0 Å². The van der Waals surface area contributed by atoms with E-state index in [4.69, 9.17) is 0 Å². The van der Waals surface area contributed by atoms with E-state index in [0.29, 0.717) is 5.57 Å². The van der Waals surface area contributed by atoms with Crippen LogP contribution in [0.4, 0.5) is 0 Å². The molecule has 0 radical (unpaired) electrons. The third-order valence-electron chi connectivity index (χ3n) is 4.44. The Balaban J connectivity index is 1.84. The van der Waals surface area contributed by atoms with E-state index < -0.39 is 0 Å². The minimum Gasteiger partial charge on any atom is -0.272 e. The molecule has 0 N–H and O–H groups in total.